The number of furan rings is 1. The molecule has 0 unspecified atom stereocenters. The van der Waals surface area contributed by atoms with Crippen LogP contribution in [0.1, 0.15) is 24.9 Å². The molecule has 2 aliphatic rings. The molecular weight excluding hydrogens is 342 g/mol. The van der Waals surface area contributed by atoms with Gasteiger partial charge in [-0.2, -0.15) is 0 Å². The number of hydrogen-bond acceptors (Lipinski definition) is 5. The van der Waals surface area contributed by atoms with Crippen molar-refractivity contribution in [3.63, 3.8) is 0 Å². The first-order valence-electron chi connectivity index (χ1n) is 8.80. The Bertz CT molecular complexity index is 728. The molecule has 1 aromatic rings. The van der Waals surface area contributed by atoms with Gasteiger partial charge in [0.05, 0.1) is 24.1 Å². The first-order chi connectivity index (χ1) is 11.8. The third-order valence-corrected chi connectivity index (χ3v) is 6.69. The maximum Gasteiger partial charge on any atom is 0.319 e. The molecule has 3 heterocycles. The molecule has 140 valence electrons. The van der Waals surface area contributed by atoms with Crippen molar-refractivity contribution in [3.05, 3.63) is 23.7 Å². The highest BCUT2D eigenvalue weighted by atomic mass is 32.2. The molecule has 2 aliphatic heterocycles. The van der Waals surface area contributed by atoms with E-state index in [0.717, 1.165) is 24.4 Å². The van der Waals surface area contributed by atoms with Crippen LogP contribution in [0.25, 0.3) is 0 Å². The molecule has 7 nitrogen and oxygen atoms in total. The molecule has 0 bridgehead atoms. The first-order valence-corrected chi connectivity index (χ1v) is 10.6. The number of nitrogens with zero attached hydrogens (tertiary/aromatic N) is 3. The molecule has 2 fully saturated rings. The Morgan fingerprint density at radius 1 is 1.20 bits per heavy atom. The number of aryl methyl sites for hydroxylation is 1. The number of carbonyl (C=O) groups is 1. The summed E-state index contributed by atoms with van der Waals surface area (Å²) in [5.74, 6) is 1.98. The van der Waals surface area contributed by atoms with Crippen molar-refractivity contribution in [1.82, 2.24) is 14.7 Å². The van der Waals surface area contributed by atoms with Gasteiger partial charge in [-0.05, 0) is 18.6 Å². The van der Waals surface area contributed by atoms with Gasteiger partial charge in [0, 0.05) is 39.6 Å². The quantitative estimate of drug-likeness (QED) is 0.797. The molecule has 0 radical (unpaired) electrons. The number of piperazine rings is 1. The van der Waals surface area contributed by atoms with Crippen LogP contribution >= 0.6 is 0 Å². The second kappa shape index (κ2) is 6.99. The Morgan fingerprint density at radius 3 is 2.56 bits per heavy atom. The lowest BCUT2D eigenvalue weighted by atomic mass is 10.0. The number of hydrogen-bond donors (Lipinski definition) is 0. The van der Waals surface area contributed by atoms with Crippen LogP contribution in [0.2, 0.25) is 0 Å². The van der Waals surface area contributed by atoms with Crippen LogP contribution in [0.5, 0.6) is 0 Å². The van der Waals surface area contributed by atoms with E-state index in [-0.39, 0.29) is 29.6 Å². The molecule has 0 N–H and O–H groups in total. The number of urea groups is 1. The number of carbonyl (C=O) groups excluding carboxylic acids is 1. The van der Waals surface area contributed by atoms with E-state index in [2.05, 4.69) is 11.8 Å². The van der Waals surface area contributed by atoms with Crippen LogP contribution in [0.3, 0.4) is 0 Å². The molecule has 0 spiro atoms. The zero-order valence-corrected chi connectivity index (χ0v) is 16.0. The minimum atomic E-state index is -3.13. The Hall–Kier alpha value is -1.54. The maximum atomic E-state index is 12.4. The molecule has 3 rings (SSSR count). The summed E-state index contributed by atoms with van der Waals surface area (Å²) in [5, 5.41) is 0. The fraction of sp³-hybridized carbons (Fsp3) is 0.706. The molecular formula is C17H27N3O4S. The van der Waals surface area contributed by atoms with Gasteiger partial charge in [0.1, 0.15) is 11.5 Å². The minimum absolute atomic E-state index is 0.0486. The topological polar surface area (TPSA) is 74.1 Å². The molecule has 0 aliphatic carbocycles. The molecule has 2 amide bonds. The Morgan fingerprint density at radius 2 is 1.88 bits per heavy atom. The maximum absolute atomic E-state index is 12.4. The van der Waals surface area contributed by atoms with Gasteiger partial charge in [-0.1, -0.05) is 6.92 Å². The standard InChI is InChI=1S/C17H27N3O4S/c1-4-5-13-6-7-14(24-13)10-19-8-9-20(17(21)18(2)3)16-12-25(22,23)11-15(16)19/h6-7,15-16H,4-5,8-12H2,1-3H3/t15-,16+/m0/s1. The van der Waals surface area contributed by atoms with Crippen LogP contribution < -0.4 is 0 Å². The average molecular weight is 369 g/mol. The summed E-state index contributed by atoms with van der Waals surface area (Å²) < 4.78 is 30.3. The smallest absolute Gasteiger partial charge is 0.319 e. The van der Waals surface area contributed by atoms with Crippen LogP contribution in [-0.2, 0) is 22.8 Å². The van der Waals surface area contributed by atoms with Gasteiger partial charge < -0.3 is 14.2 Å². The second-order valence-corrected chi connectivity index (χ2v) is 9.32. The number of fused-ring (bicyclic) bond motifs is 1. The van der Waals surface area contributed by atoms with E-state index in [1.807, 2.05) is 12.1 Å². The summed E-state index contributed by atoms with van der Waals surface area (Å²) in [5.41, 5.74) is 0. The number of amides is 2. The Kier molecular flexibility index (Phi) is 5.11. The SMILES string of the molecule is CCCc1ccc(CN2CCN(C(=O)N(C)C)[C@@H]3CS(=O)(=O)C[C@@H]32)o1. The van der Waals surface area contributed by atoms with Crippen molar-refractivity contribution in [2.24, 2.45) is 0 Å². The first kappa shape index (κ1) is 18.3. The van der Waals surface area contributed by atoms with Crippen molar-refractivity contribution in [1.29, 1.82) is 0 Å². The van der Waals surface area contributed by atoms with Gasteiger partial charge in [-0.3, -0.25) is 4.90 Å². The van der Waals surface area contributed by atoms with Gasteiger partial charge >= 0.3 is 6.03 Å². The zero-order valence-electron chi connectivity index (χ0n) is 15.1. The van der Waals surface area contributed by atoms with E-state index < -0.39 is 9.84 Å². The second-order valence-electron chi connectivity index (χ2n) is 7.17. The van der Waals surface area contributed by atoms with E-state index in [0.29, 0.717) is 19.6 Å². The minimum Gasteiger partial charge on any atom is -0.465 e. The van der Waals surface area contributed by atoms with E-state index >= 15 is 0 Å². The average Bonchev–Trinajstić information content (AvgIpc) is 3.10. The highest BCUT2D eigenvalue weighted by molar-refractivity contribution is 7.91. The molecule has 2 atom stereocenters. The lowest BCUT2D eigenvalue weighted by Crippen LogP contribution is -2.61. The van der Waals surface area contributed by atoms with Crippen molar-refractivity contribution >= 4 is 15.9 Å². The van der Waals surface area contributed by atoms with Gasteiger partial charge in [-0.25, -0.2) is 13.2 Å². The van der Waals surface area contributed by atoms with Crippen LogP contribution in [0.15, 0.2) is 16.5 Å². The highest BCUT2D eigenvalue weighted by Gasteiger charge is 2.48. The summed E-state index contributed by atoms with van der Waals surface area (Å²) in [4.78, 5) is 17.8. The fourth-order valence-electron chi connectivity index (χ4n) is 3.80. The van der Waals surface area contributed by atoms with Crippen LogP contribution in [0.4, 0.5) is 4.79 Å². The molecule has 1 aromatic heterocycles. The predicted molar refractivity (Wildman–Crippen MR) is 95.1 cm³/mol. The number of rotatable bonds is 4. The molecule has 2 saturated heterocycles. The highest BCUT2D eigenvalue weighted by Crippen LogP contribution is 2.29. The molecule has 0 aromatic carbocycles. The summed E-state index contributed by atoms with van der Waals surface area (Å²) in [6.45, 7) is 3.89. The van der Waals surface area contributed by atoms with E-state index in [4.69, 9.17) is 4.42 Å². The summed E-state index contributed by atoms with van der Waals surface area (Å²) in [6.07, 6.45) is 1.94. The van der Waals surface area contributed by atoms with Crippen LogP contribution in [-0.4, -0.2) is 79.9 Å². The normalized spacial score (nSPS) is 25.8. The fourth-order valence-corrected chi connectivity index (χ4v) is 5.82. The van der Waals surface area contributed by atoms with E-state index in [1.165, 1.54) is 4.90 Å². The lowest BCUT2D eigenvalue weighted by Gasteiger charge is -2.44. The summed E-state index contributed by atoms with van der Waals surface area (Å²) >= 11 is 0. The molecule has 8 heteroatoms. The number of sulfone groups is 1. The van der Waals surface area contributed by atoms with Gasteiger partial charge in [-0.15, -0.1) is 0 Å². The largest absolute Gasteiger partial charge is 0.465 e. The van der Waals surface area contributed by atoms with E-state index in [1.54, 1.807) is 19.0 Å². The van der Waals surface area contributed by atoms with Gasteiger partial charge in [0.2, 0.25) is 0 Å². The van der Waals surface area contributed by atoms with Crippen LogP contribution in [0, 0.1) is 0 Å². The Labute approximate surface area is 149 Å². The van der Waals surface area contributed by atoms with Crippen molar-refractivity contribution in [3.8, 4) is 0 Å². The lowest BCUT2D eigenvalue weighted by molar-refractivity contribution is 0.0481. The molecule has 25 heavy (non-hydrogen) atoms. The van der Waals surface area contributed by atoms with Gasteiger partial charge in [0.25, 0.3) is 0 Å². The summed E-state index contributed by atoms with van der Waals surface area (Å²) in [7, 11) is 0.265. The van der Waals surface area contributed by atoms with Crippen molar-refractivity contribution in [2.75, 3.05) is 38.7 Å². The van der Waals surface area contributed by atoms with E-state index in [9.17, 15) is 13.2 Å². The Balaban J connectivity index is 1.77. The third kappa shape index (κ3) is 3.84. The summed E-state index contributed by atoms with van der Waals surface area (Å²) in [6, 6.07) is 3.41. The predicted octanol–water partition coefficient (Wildman–Crippen LogP) is 1.20. The monoisotopic (exact) mass is 369 g/mol. The van der Waals surface area contributed by atoms with Crippen molar-refractivity contribution < 1.29 is 17.6 Å². The third-order valence-electron chi connectivity index (χ3n) is 4.99. The zero-order chi connectivity index (χ0) is 18.2. The van der Waals surface area contributed by atoms with Crippen molar-refractivity contribution in [2.45, 2.75) is 38.4 Å². The molecule has 0 saturated carbocycles. The van der Waals surface area contributed by atoms with Gasteiger partial charge in [0.15, 0.2) is 9.84 Å².